The smallest absolute Gasteiger partial charge is 0.416 e. The predicted octanol–water partition coefficient (Wildman–Crippen LogP) is 4.94. The van der Waals surface area contributed by atoms with Crippen molar-refractivity contribution in [3.63, 3.8) is 0 Å². The Kier molecular flexibility index (Phi) is 5.72. The lowest BCUT2D eigenvalue weighted by atomic mass is 9.82. The molecule has 0 bridgehead atoms. The van der Waals surface area contributed by atoms with Crippen LogP contribution in [0.25, 0.3) is 16.8 Å². The molecule has 4 rings (SSSR count). The van der Waals surface area contributed by atoms with Crippen LogP contribution in [0, 0.1) is 0 Å². The Morgan fingerprint density at radius 1 is 1.16 bits per heavy atom. The molecule has 4 aromatic rings. The Labute approximate surface area is 185 Å². The molecule has 6 nitrogen and oxygen atoms in total. The summed E-state index contributed by atoms with van der Waals surface area (Å²) in [6, 6.07) is 6.50. The van der Waals surface area contributed by atoms with Crippen LogP contribution in [-0.4, -0.2) is 32.2 Å². The highest BCUT2D eigenvalue weighted by molar-refractivity contribution is 7.07. The van der Waals surface area contributed by atoms with E-state index in [4.69, 9.17) is 4.74 Å². The molecule has 3 heterocycles. The molecule has 32 heavy (non-hydrogen) atoms. The Morgan fingerprint density at radius 2 is 1.91 bits per heavy atom. The second-order valence-electron chi connectivity index (χ2n) is 7.41. The number of benzene rings is 1. The van der Waals surface area contributed by atoms with Crippen LogP contribution in [0.2, 0.25) is 0 Å². The lowest BCUT2D eigenvalue weighted by molar-refractivity contribution is -0.149. The summed E-state index contributed by atoms with van der Waals surface area (Å²) in [7, 11) is 0. The Bertz CT molecular complexity index is 1240. The number of hydrogen-bond acceptors (Lipinski definition) is 6. The molecule has 0 aliphatic heterocycles. The van der Waals surface area contributed by atoms with Crippen molar-refractivity contribution in [2.45, 2.75) is 31.9 Å². The number of fused-ring (bicyclic) bond motifs is 1. The minimum atomic E-state index is -4.41. The Hall–Kier alpha value is -3.27. The van der Waals surface area contributed by atoms with E-state index in [1.54, 1.807) is 31.6 Å². The summed E-state index contributed by atoms with van der Waals surface area (Å²) in [6.07, 6.45) is -1.03. The summed E-state index contributed by atoms with van der Waals surface area (Å²) in [5.74, 6) is -0.424. The summed E-state index contributed by atoms with van der Waals surface area (Å²) >= 11 is 1.43. The van der Waals surface area contributed by atoms with Crippen molar-refractivity contribution in [3.05, 3.63) is 70.6 Å². The third kappa shape index (κ3) is 3.97. The quantitative estimate of drug-likeness (QED) is 0.382. The number of alkyl halides is 3. The zero-order valence-corrected chi connectivity index (χ0v) is 18.1. The molecule has 0 radical (unpaired) electrons. The van der Waals surface area contributed by atoms with Gasteiger partial charge in [-0.25, -0.2) is 14.5 Å². The van der Waals surface area contributed by atoms with E-state index in [-0.39, 0.29) is 6.61 Å². The van der Waals surface area contributed by atoms with Crippen molar-refractivity contribution in [2.24, 2.45) is 0 Å². The molecule has 10 heteroatoms. The second kappa shape index (κ2) is 8.34. The molecular weight excluding hydrogens is 441 g/mol. The number of thiazole rings is 1. The van der Waals surface area contributed by atoms with Crippen molar-refractivity contribution >= 4 is 23.0 Å². The van der Waals surface area contributed by atoms with Gasteiger partial charge in [0.05, 0.1) is 35.3 Å². The number of nitrogens with zero attached hydrogens (tertiary/aromatic N) is 4. The summed E-state index contributed by atoms with van der Waals surface area (Å²) in [4.78, 5) is 21.7. The van der Waals surface area contributed by atoms with E-state index >= 15 is 0 Å². The standard InChI is InChI=1S/C22H19F3N4O2S/c1-3-31-20(30)21(2,10-16-12-32-13-27-16)18-8-9-26-19-17(11-28-29(18)19)14-4-6-15(7-5-14)22(23,24)25/h4-9,11-13H,3,10H2,1-2H3. The van der Waals surface area contributed by atoms with Crippen LogP contribution in [0.5, 0.6) is 0 Å². The van der Waals surface area contributed by atoms with Crippen LogP contribution in [0.4, 0.5) is 13.2 Å². The van der Waals surface area contributed by atoms with Crippen LogP contribution in [0.3, 0.4) is 0 Å². The lowest BCUT2D eigenvalue weighted by Crippen LogP contribution is -2.39. The van der Waals surface area contributed by atoms with Crippen LogP contribution < -0.4 is 0 Å². The van der Waals surface area contributed by atoms with E-state index in [1.807, 2.05) is 5.38 Å². The monoisotopic (exact) mass is 460 g/mol. The summed E-state index contributed by atoms with van der Waals surface area (Å²) in [5.41, 5.74) is 2.67. The SMILES string of the molecule is CCOC(=O)C(C)(Cc1cscn1)c1ccnc2c(-c3ccc(C(F)(F)F)cc3)cnn12. The normalized spacial score (nSPS) is 13.8. The molecule has 166 valence electrons. The number of carbonyl (C=O) groups excluding carboxylic acids is 1. The molecule has 1 unspecified atom stereocenters. The average molecular weight is 460 g/mol. The fraction of sp³-hybridized carbons (Fsp3) is 0.273. The fourth-order valence-corrected chi connectivity index (χ4v) is 4.15. The molecule has 0 aliphatic rings. The van der Waals surface area contributed by atoms with Crippen molar-refractivity contribution < 1.29 is 22.7 Å². The van der Waals surface area contributed by atoms with E-state index in [2.05, 4.69) is 15.1 Å². The van der Waals surface area contributed by atoms with Gasteiger partial charge in [-0.2, -0.15) is 18.3 Å². The van der Waals surface area contributed by atoms with E-state index in [0.717, 1.165) is 17.8 Å². The van der Waals surface area contributed by atoms with Gasteiger partial charge in [-0.15, -0.1) is 11.3 Å². The van der Waals surface area contributed by atoms with E-state index < -0.39 is 23.1 Å². The molecule has 0 spiro atoms. The third-order valence-corrected chi connectivity index (χ3v) is 5.87. The predicted molar refractivity (Wildman–Crippen MR) is 113 cm³/mol. The molecular formula is C22H19F3N4O2S. The summed E-state index contributed by atoms with van der Waals surface area (Å²) in [5, 5.41) is 6.28. The van der Waals surface area contributed by atoms with Gasteiger partial charge >= 0.3 is 12.1 Å². The minimum Gasteiger partial charge on any atom is -0.465 e. The van der Waals surface area contributed by atoms with Crippen LogP contribution in [0.1, 0.15) is 30.8 Å². The van der Waals surface area contributed by atoms with Gasteiger partial charge in [0.25, 0.3) is 0 Å². The zero-order valence-electron chi connectivity index (χ0n) is 17.3. The van der Waals surface area contributed by atoms with Crippen molar-refractivity contribution in [1.29, 1.82) is 0 Å². The first-order valence-electron chi connectivity index (χ1n) is 9.79. The van der Waals surface area contributed by atoms with Crippen molar-refractivity contribution in [1.82, 2.24) is 19.6 Å². The fourth-order valence-electron chi connectivity index (χ4n) is 3.60. The molecule has 0 amide bonds. The Morgan fingerprint density at radius 3 is 2.53 bits per heavy atom. The highest BCUT2D eigenvalue weighted by atomic mass is 32.1. The first kappa shape index (κ1) is 21.9. The maximum Gasteiger partial charge on any atom is 0.416 e. The summed E-state index contributed by atoms with van der Waals surface area (Å²) in [6.45, 7) is 3.72. The molecule has 1 atom stereocenters. The van der Waals surface area contributed by atoms with Gasteiger partial charge < -0.3 is 4.74 Å². The van der Waals surface area contributed by atoms with Gasteiger partial charge in [-0.05, 0) is 37.6 Å². The topological polar surface area (TPSA) is 69.4 Å². The van der Waals surface area contributed by atoms with Gasteiger partial charge in [0, 0.05) is 23.6 Å². The molecule has 0 saturated heterocycles. The first-order chi connectivity index (χ1) is 15.2. The molecule has 0 fully saturated rings. The highest BCUT2D eigenvalue weighted by Crippen LogP contribution is 2.34. The van der Waals surface area contributed by atoms with Gasteiger partial charge in [0.2, 0.25) is 0 Å². The zero-order chi connectivity index (χ0) is 22.9. The maximum absolute atomic E-state index is 13.0. The van der Waals surface area contributed by atoms with Gasteiger partial charge in [0.1, 0.15) is 5.41 Å². The molecule has 0 saturated carbocycles. The second-order valence-corrected chi connectivity index (χ2v) is 8.13. The van der Waals surface area contributed by atoms with E-state index in [0.29, 0.717) is 28.9 Å². The van der Waals surface area contributed by atoms with Crippen LogP contribution in [0.15, 0.2) is 53.6 Å². The van der Waals surface area contributed by atoms with Crippen LogP contribution >= 0.6 is 11.3 Å². The van der Waals surface area contributed by atoms with Gasteiger partial charge in [0.15, 0.2) is 5.65 Å². The molecule has 1 aromatic carbocycles. The van der Waals surface area contributed by atoms with Gasteiger partial charge in [-0.1, -0.05) is 12.1 Å². The maximum atomic E-state index is 13.0. The molecule has 3 aromatic heterocycles. The lowest BCUT2D eigenvalue weighted by Gasteiger charge is -2.27. The highest BCUT2D eigenvalue weighted by Gasteiger charge is 2.40. The minimum absolute atomic E-state index is 0.218. The summed E-state index contributed by atoms with van der Waals surface area (Å²) < 4.78 is 45.7. The number of aromatic nitrogens is 4. The van der Waals surface area contributed by atoms with E-state index in [1.165, 1.54) is 34.2 Å². The molecule has 0 aliphatic carbocycles. The van der Waals surface area contributed by atoms with Crippen molar-refractivity contribution in [2.75, 3.05) is 6.61 Å². The molecule has 0 N–H and O–H groups in total. The first-order valence-corrected chi connectivity index (χ1v) is 10.7. The van der Waals surface area contributed by atoms with E-state index in [9.17, 15) is 18.0 Å². The number of halogens is 3. The van der Waals surface area contributed by atoms with Crippen LogP contribution in [-0.2, 0) is 27.5 Å². The number of esters is 1. The number of ether oxygens (including phenoxy) is 1. The number of carbonyl (C=O) groups is 1. The number of rotatable bonds is 6. The van der Waals surface area contributed by atoms with Crippen molar-refractivity contribution in [3.8, 4) is 11.1 Å². The average Bonchev–Trinajstić information content (AvgIpc) is 3.42. The number of hydrogen-bond donors (Lipinski definition) is 0. The van der Waals surface area contributed by atoms with Gasteiger partial charge in [-0.3, -0.25) is 4.79 Å². The largest absolute Gasteiger partial charge is 0.465 e. The Balaban J connectivity index is 1.81. The third-order valence-electron chi connectivity index (χ3n) is 5.23.